The van der Waals surface area contributed by atoms with E-state index >= 15 is 0 Å². The van der Waals surface area contributed by atoms with Crippen LogP contribution in [-0.4, -0.2) is 6.54 Å². The molecule has 0 bridgehead atoms. The number of hydrogen-bond acceptors (Lipinski definition) is 1. The highest BCUT2D eigenvalue weighted by Gasteiger charge is 2.12. The van der Waals surface area contributed by atoms with Crippen molar-refractivity contribution in [3.8, 4) is 12.3 Å². The van der Waals surface area contributed by atoms with Gasteiger partial charge in [0.2, 0.25) is 0 Å². The quantitative estimate of drug-likeness (QED) is 0.747. The standard InChI is InChI=1S/C14H17F2N/c1-3-5-6-14(17-9-4-2)11-7-8-12(15)13(16)10-11/h1,7-8,10,14,17H,4-6,9H2,2H3. The SMILES string of the molecule is C#CCCC(NCCC)c1ccc(F)c(F)c1. The molecule has 1 unspecified atom stereocenters. The molecule has 17 heavy (non-hydrogen) atoms. The number of halogens is 2. The summed E-state index contributed by atoms with van der Waals surface area (Å²) in [4.78, 5) is 0. The predicted molar refractivity (Wildman–Crippen MR) is 65.5 cm³/mol. The van der Waals surface area contributed by atoms with Gasteiger partial charge in [0, 0.05) is 12.5 Å². The Balaban J connectivity index is 2.80. The summed E-state index contributed by atoms with van der Waals surface area (Å²) in [5.74, 6) is 0.930. The van der Waals surface area contributed by atoms with Crippen LogP contribution in [0.4, 0.5) is 8.78 Å². The average molecular weight is 237 g/mol. The Bertz CT molecular complexity index is 396. The van der Waals surface area contributed by atoms with Crippen LogP contribution in [0.15, 0.2) is 18.2 Å². The lowest BCUT2D eigenvalue weighted by Crippen LogP contribution is -2.22. The van der Waals surface area contributed by atoms with Gasteiger partial charge in [-0.3, -0.25) is 0 Å². The molecule has 1 rings (SSSR count). The Morgan fingerprint density at radius 3 is 2.71 bits per heavy atom. The lowest BCUT2D eigenvalue weighted by Gasteiger charge is -2.18. The van der Waals surface area contributed by atoms with E-state index in [2.05, 4.69) is 18.2 Å². The van der Waals surface area contributed by atoms with Gasteiger partial charge in [-0.05, 0) is 37.1 Å². The molecule has 0 aliphatic carbocycles. The molecule has 0 heterocycles. The first kappa shape index (κ1) is 13.7. The Labute approximate surface area is 101 Å². The van der Waals surface area contributed by atoms with Crippen molar-refractivity contribution in [1.82, 2.24) is 5.32 Å². The van der Waals surface area contributed by atoms with Crippen LogP contribution in [-0.2, 0) is 0 Å². The summed E-state index contributed by atoms with van der Waals surface area (Å²) in [5, 5.41) is 3.28. The molecule has 1 N–H and O–H groups in total. The first-order chi connectivity index (χ1) is 8.19. The Hall–Kier alpha value is -1.40. The van der Waals surface area contributed by atoms with Gasteiger partial charge < -0.3 is 5.32 Å². The van der Waals surface area contributed by atoms with E-state index in [0.29, 0.717) is 6.42 Å². The van der Waals surface area contributed by atoms with Gasteiger partial charge in [-0.15, -0.1) is 12.3 Å². The second-order valence-electron chi connectivity index (χ2n) is 3.92. The molecule has 1 aromatic rings. The third-order valence-corrected chi connectivity index (χ3v) is 2.56. The zero-order valence-corrected chi connectivity index (χ0v) is 9.97. The minimum Gasteiger partial charge on any atom is -0.310 e. The Kier molecular flexibility index (Phi) is 5.65. The molecule has 0 amide bonds. The number of rotatable bonds is 6. The van der Waals surface area contributed by atoms with E-state index in [1.54, 1.807) is 6.07 Å². The smallest absolute Gasteiger partial charge is 0.159 e. The number of benzene rings is 1. The van der Waals surface area contributed by atoms with E-state index in [1.807, 2.05) is 0 Å². The molecule has 3 heteroatoms. The van der Waals surface area contributed by atoms with Crippen LogP contribution in [0.1, 0.15) is 37.8 Å². The van der Waals surface area contributed by atoms with E-state index in [0.717, 1.165) is 31.0 Å². The molecule has 0 radical (unpaired) electrons. The maximum Gasteiger partial charge on any atom is 0.159 e. The maximum absolute atomic E-state index is 13.1. The molecule has 92 valence electrons. The molecule has 0 aliphatic rings. The van der Waals surface area contributed by atoms with Gasteiger partial charge >= 0.3 is 0 Å². The van der Waals surface area contributed by atoms with Crippen LogP contribution in [0.3, 0.4) is 0 Å². The average Bonchev–Trinajstić information content (AvgIpc) is 2.33. The van der Waals surface area contributed by atoms with Crippen molar-refractivity contribution in [3.05, 3.63) is 35.4 Å². The van der Waals surface area contributed by atoms with Crippen LogP contribution in [0.5, 0.6) is 0 Å². The molecule has 0 fully saturated rings. The number of hydrogen-bond donors (Lipinski definition) is 1. The first-order valence-electron chi connectivity index (χ1n) is 5.80. The lowest BCUT2D eigenvalue weighted by molar-refractivity contribution is 0.484. The summed E-state index contributed by atoms with van der Waals surface area (Å²) in [6.45, 7) is 2.88. The van der Waals surface area contributed by atoms with Gasteiger partial charge in [0.1, 0.15) is 0 Å². The Morgan fingerprint density at radius 2 is 2.12 bits per heavy atom. The highest BCUT2D eigenvalue weighted by Crippen LogP contribution is 2.20. The van der Waals surface area contributed by atoms with Crippen LogP contribution in [0, 0.1) is 24.0 Å². The van der Waals surface area contributed by atoms with E-state index in [1.165, 1.54) is 6.07 Å². The molecule has 0 saturated carbocycles. The molecule has 1 nitrogen and oxygen atoms in total. The van der Waals surface area contributed by atoms with Crippen molar-refractivity contribution in [2.24, 2.45) is 0 Å². The first-order valence-corrected chi connectivity index (χ1v) is 5.80. The van der Waals surface area contributed by atoms with Crippen molar-refractivity contribution in [2.45, 2.75) is 32.2 Å². The molecular weight excluding hydrogens is 220 g/mol. The monoisotopic (exact) mass is 237 g/mol. The molecule has 0 aromatic heterocycles. The van der Waals surface area contributed by atoms with Crippen molar-refractivity contribution >= 4 is 0 Å². The highest BCUT2D eigenvalue weighted by molar-refractivity contribution is 5.21. The predicted octanol–water partition coefficient (Wildman–Crippen LogP) is 3.42. The second kappa shape index (κ2) is 7.03. The second-order valence-corrected chi connectivity index (χ2v) is 3.92. The minimum atomic E-state index is -0.819. The summed E-state index contributed by atoms with van der Waals surface area (Å²) in [7, 11) is 0. The van der Waals surface area contributed by atoms with Crippen LogP contribution >= 0.6 is 0 Å². The molecule has 1 aromatic carbocycles. The fourth-order valence-electron chi connectivity index (χ4n) is 1.66. The van der Waals surface area contributed by atoms with Gasteiger partial charge in [0.25, 0.3) is 0 Å². The van der Waals surface area contributed by atoms with Gasteiger partial charge in [0.15, 0.2) is 11.6 Å². The van der Waals surface area contributed by atoms with Gasteiger partial charge in [-0.25, -0.2) is 8.78 Å². The van der Waals surface area contributed by atoms with Crippen molar-refractivity contribution in [3.63, 3.8) is 0 Å². The third-order valence-electron chi connectivity index (χ3n) is 2.56. The van der Waals surface area contributed by atoms with Gasteiger partial charge in [-0.1, -0.05) is 13.0 Å². The summed E-state index contributed by atoms with van der Waals surface area (Å²) in [5.41, 5.74) is 0.743. The third kappa shape index (κ3) is 4.16. The van der Waals surface area contributed by atoms with E-state index in [4.69, 9.17) is 6.42 Å². The molecule has 0 spiro atoms. The summed E-state index contributed by atoms with van der Waals surface area (Å²) in [6, 6.07) is 3.98. The topological polar surface area (TPSA) is 12.0 Å². The van der Waals surface area contributed by atoms with Crippen LogP contribution in [0.2, 0.25) is 0 Å². The zero-order chi connectivity index (χ0) is 12.7. The van der Waals surface area contributed by atoms with E-state index in [9.17, 15) is 8.78 Å². The van der Waals surface area contributed by atoms with Crippen molar-refractivity contribution in [1.29, 1.82) is 0 Å². The maximum atomic E-state index is 13.1. The molecule has 0 aliphatic heterocycles. The number of nitrogens with one attached hydrogen (secondary N) is 1. The fraction of sp³-hybridized carbons (Fsp3) is 0.429. The Morgan fingerprint density at radius 1 is 1.35 bits per heavy atom. The molecule has 1 atom stereocenters. The number of terminal acetylenes is 1. The lowest BCUT2D eigenvalue weighted by atomic mass is 10.0. The van der Waals surface area contributed by atoms with E-state index in [-0.39, 0.29) is 6.04 Å². The minimum absolute atomic E-state index is 0.0129. The van der Waals surface area contributed by atoms with Gasteiger partial charge in [0.05, 0.1) is 0 Å². The normalized spacial score (nSPS) is 12.1. The molecule has 0 saturated heterocycles. The highest BCUT2D eigenvalue weighted by atomic mass is 19.2. The van der Waals surface area contributed by atoms with Crippen molar-refractivity contribution in [2.75, 3.05) is 6.54 Å². The summed E-state index contributed by atoms with van der Waals surface area (Å²) in [6.07, 6.45) is 7.54. The largest absolute Gasteiger partial charge is 0.310 e. The summed E-state index contributed by atoms with van der Waals surface area (Å²) < 4.78 is 26.0. The summed E-state index contributed by atoms with van der Waals surface area (Å²) >= 11 is 0. The van der Waals surface area contributed by atoms with E-state index < -0.39 is 11.6 Å². The van der Waals surface area contributed by atoms with Crippen LogP contribution < -0.4 is 5.32 Å². The fourth-order valence-corrected chi connectivity index (χ4v) is 1.66. The molecular formula is C14H17F2N. The van der Waals surface area contributed by atoms with Crippen molar-refractivity contribution < 1.29 is 8.78 Å². The van der Waals surface area contributed by atoms with Crippen LogP contribution in [0.25, 0.3) is 0 Å². The zero-order valence-electron chi connectivity index (χ0n) is 9.97. The van der Waals surface area contributed by atoms with Gasteiger partial charge in [-0.2, -0.15) is 0 Å².